The number of hydrogen-bond acceptors (Lipinski definition) is 19. The van der Waals surface area contributed by atoms with Crippen molar-refractivity contribution >= 4 is 47.1 Å². The number of imidazole rings is 1. The molecule has 1 fully saturated rings. The number of fused-ring (bicyclic) bond motifs is 1. The van der Waals surface area contributed by atoms with Gasteiger partial charge in [0.25, 0.3) is 11.8 Å². The number of carboxylic acids is 1. The van der Waals surface area contributed by atoms with E-state index in [2.05, 4.69) is 26.3 Å². The molecule has 1 aromatic carbocycles. The van der Waals surface area contributed by atoms with Gasteiger partial charge in [-0.15, -0.1) is 5.10 Å². The van der Waals surface area contributed by atoms with Gasteiger partial charge in [-0.3, -0.25) is 33.6 Å². The molecule has 1 aliphatic rings. The summed E-state index contributed by atoms with van der Waals surface area (Å²) >= 11 is 0. The van der Waals surface area contributed by atoms with Gasteiger partial charge in [-0.1, -0.05) is 26.0 Å². The molecule has 0 spiro atoms. The molecule has 1 atom stereocenters. The summed E-state index contributed by atoms with van der Waals surface area (Å²) in [4.78, 5) is 94.5. The first-order valence-corrected chi connectivity index (χ1v) is 27.9. The van der Waals surface area contributed by atoms with Crippen LogP contribution in [0.3, 0.4) is 0 Å². The average Bonchev–Trinajstić information content (AvgIpc) is 3.78. The van der Waals surface area contributed by atoms with Crippen LogP contribution in [0, 0.1) is 5.82 Å². The van der Waals surface area contributed by atoms with E-state index in [0.717, 1.165) is 11.1 Å². The van der Waals surface area contributed by atoms with Crippen LogP contribution >= 0.6 is 0 Å². The Balaban J connectivity index is 0.800. The number of primary amides is 1. The SMILES string of the molecule is CC(C)(C)c1cc(-c2ccc(F)cc2)nn2cc(C(=O)N3CCN(C(=O)c4cn(CC(=O)NCCCC(=O)NCCOCCOCCOCCOCCOCCOCCOCCOCCC(=O)N[C@@H](CC(=O)O)C(N)=O)nn4)CC3(C)C)nc12. The van der Waals surface area contributed by atoms with Gasteiger partial charge in [-0.25, -0.2) is 18.6 Å². The van der Waals surface area contributed by atoms with Crippen molar-refractivity contribution in [3.63, 3.8) is 0 Å². The Kier molecular flexibility index (Phi) is 28.4. The molecule has 5 rings (SSSR count). The van der Waals surface area contributed by atoms with Crippen LogP contribution in [0.15, 0.2) is 42.7 Å². The third-order valence-electron chi connectivity index (χ3n) is 12.7. The van der Waals surface area contributed by atoms with E-state index in [-0.39, 0.29) is 112 Å². The standard InChI is InChI=1S/C55H81FN12O16/c1-54(2,3)41-33-42(39-8-10-40(56)11-9-39)63-68-36-44(61-51(41)68)53(76)67-16-15-65(38-55(67,4)5)52(75)45-35-66(64-62-45)37-48(71)58-13-6-7-46(69)59-14-18-78-20-22-80-24-26-82-28-30-84-32-31-83-29-27-81-25-23-79-21-19-77-17-12-47(70)60-43(50(57)74)34-49(72)73/h8-11,33,35-36,43H,6-7,12-32,34,37-38H2,1-5H3,(H2,57,74)(H,58,71)(H,59,69)(H,60,70)(H,72,73)/t43-/m0/s1. The molecule has 0 saturated carbocycles. The molecular weight excluding hydrogens is 1100 g/mol. The summed E-state index contributed by atoms with van der Waals surface area (Å²) < 4.78 is 60.1. The number of ether oxygens (including phenoxy) is 8. The maximum Gasteiger partial charge on any atom is 0.305 e. The van der Waals surface area contributed by atoms with Crippen molar-refractivity contribution in [1.82, 2.24) is 55.3 Å². The summed E-state index contributed by atoms with van der Waals surface area (Å²) in [6, 6.07) is 6.71. The molecule has 84 heavy (non-hydrogen) atoms. The summed E-state index contributed by atoms with van der Waals surface area (Å²) in [7, 11) is 0. The number of carbonyl (C=O) groups excluding carboxylic acids is 6. The quantitative estimate of drug-likeness (QED) is 0.0384. The van der Waals surface area contributed by atoms with Gasteiger partial charge in [-0.2, -0.15) is 5.10 Å². The van der Waals surface area contributed by atoms with E-state index >= 15 is 0 Å². The van der Waals surface area contributed by atoms with Crippen LogP contribution < -0.4 is 21.7 Å². The molecule has 28 nitrogen and oxygen atoms in total. The number of nitrogens with zero attached hydrogens (tertiary/aromatic N) is 8. The lowest BCUT2D eigenvalue weighted by Gasteiger charge is -2.46. The van der Waals surface area contributed by atoms with Crippen LogP contribution in [0.2, 0.25) is 0 Å². The molecule has 4 aromatic rings. The van der Waals surface area contributed by atoms with Gasteiger partial charge in [0.2, 0.25) is 23.6 Å². The summed E-state index contributed by atoms with van der Waals surface area (Å²) in [6.45, 7) is 16.4. The van der Waals surface area contributed by atoms with Gasteiger partial charge < -0.3 is 74.5 Å². The second kappa shape index (κ2) is 35.2. The van der Waals surface area contributed by atoms with Crippen molar-refractivity contribution in [3.05, 3.63) is 65.5 Å². The Bertz CT molecular complexity index is 2740. The largest absolute Gasteiger partial charge is 0.481 e. The Labute approximate surface area is 486 Å². The lowest BCUT2D eigenvalue weighted by atomic mass is 9.87. The number of aliphatic carboxylic acids is 1. The van der Waals surface area contributed by atoms with Crippen molar-refractivity contribution in [1.29, 1.82) is 0 Å². The van der Waals surface area contributed by atoms with Crippen LogP contribution in [-0.2, 0) is 73.8 Å². The van der Waals surface area contributed by atoms with E-state index < -0.39 is 35.8 Å². The maximum atomic E-state index is 14.1. The number of rotatable bonds is 40. The minimum Gasteiger partial charge on any atom is -0.481 e. The smallest absolute Gasteiger partial charge is 0.305 e. The fraction of sp³-hybridized carbons (Fsp3) is 0.618. The lowest BCUT2D eigenvalue weighted by Crippen LogP contribution is -2.62. The van der Waals surface area contributed by atoms with E-state index in [1.165, 1.54) is 23.0 Å². The van der Waals surface area contributed by atoms with Gasteiger partial charge in [-0.05, 0) is 56.0 Å². The summed E-state index contributed by atoms with van der Waals surface area (Å²) in [5.74, 6) is -4.32. The summed E-state index contributed by atoms with van der Waals surface area (Å²) in [5, 5.41) is 29.3. The van der Waals surface area contributed by atoms with Gasteiger partial charge in [0.1, 0.15) is 24.1 Å². The minimum atomic E-state index is -1.28. The van der Waals surface area contributed by atoms with Gasteiger partial charge in [0.05, 0.1) is 136 Å². The number of benzene rings is 1. The molecule has 0 radical (unpaired) electrons. The second-order valence-electron chi connectivity index (χ2n) is 21.0. The zero-order valence-electron chi connectivity index (χ0n) is 48.6. The number of carbonyl (C=O) groups is 7. The van der Waals surface area contributed by atoms with E-state index in [4.69, 9.17) is 58.8 Å². The molecule has 29 heteroatoms. The van der Waals surface area contributed by atoms with Crippen molar-refractivity contribution in [2.75, 3.05) is 138 Å². The number of nitrogens with two attached hydrogens (primary N) is 1. The van der Waals surface area contributed by atoms with Crippen molar-refractivity contribution in [2.24, 2.45) is 5.73 Å². The highest BCUT2D eigenvalue weighted by Gasteiger charge is 2.40. The average molecular weight is 1190 g/mol. The number of halogens is 1. The number of aromatic nitrogens is 6. The lowest BCUT2D eigenvalue weighted by molar-refractivity contribution is -0.140. The monoisotopic (exact) mass is 1180 g/mol. The van der Waals surface area contributed by atoms with E-state index in [1.54, 1.807) is 32.6 Å². The Hall–Kier alpha value is -7.12. The first-order valence-electron chi connectivity index (χ1n) is 27.9. The molecule has 3 aromatic heterocycles. The number of carboxylic acid groups (broad SMARTS) is 1. The first-order chi connectivity index (χ1) is 40.2. The predicted octanol–water partition coefficient (Wildman–Crippen LogP) is 0.782. The first kappa shape index (κ1) is 67.7. The Morgan fingerprint density at radius 1 is 0.690 bits per heavy atom. The molecule has 1 aliphatic heterocycles. The molecule has 6 N–H and O–H groups in total. The molecule has 464 valence electrons. The van der Waals surface area contributed by atoms with E-state index in [9.17, 15) is 38.0 Å². The van der Waals surface area contributed by atoms with Crippen LogP contribution in [0.5, 0.6) is 0 Å². The number of piperazine rings is 1. The number of amides is 6. The molecular formula is C55H81FN12O16. The van der Waals surface area contributed by atoms with Crippen molar-refractivity contribution in [3.8, 4) is 11.3 Å². The minimum absolute atomic E-state index is 0.0578. The third-order valence-corrected chi connectivity index (χ3v) is 12.7. The highest BCUT2D eigenvalue weighted by molar-refractivity contribution is 5.95. The zero-order chi connectivity index (χ0) is 60.9. The fourth-order valence-electron chi connectivity index (χ4n) is 8.37. The number of nitrogens with one attached hydrogen (secondary N) is 3. The molecule has 6 amide bonds. The highest BCUT2D eigenvalue weighted by atomic mass is 19.1. The zero-order valence-corrected chi connectivity index (χ0v) is 48.6. The maximum absolute atomic E-state index is 14.1. The summed E-state index contributed by atoms with van der Waals surface area (Å²) in [5.41, 5.74) is 6.96. The van der Waals surface area contributed by atoms with Gasteiger partial charge in [0.15, 0.2) is 11.3 Å². The third kappa shape index (κ3) is 23.9. The van der Waals surface area contributed by atoms with Gasteiger partial charge in [0, 0.05) is 56.7 Å². The predicted molar refractivity (Wildman–Crippen MR) is 298 cm³/mol. The topological polar surface area (TPSA) is 343 Å². The molecule has 0 bridgehead atoms. The van der Waals surface area contributed by atoms with Crippen molar-refractivity contribution < 1.29 is 81.0 Å². The van der Waals surface area contributed by atoms with Crippen molar-refractivity contribution in [2.45, 2.75) is 83.8 Å². The van der Waals surface area contributed by atoms with E-state index in [0.29, 0.717) is 110 Å². The molecule has 1 saturated heterocycles. The van der Waals surface area contributed by atoms with Crippen LogP contribution in [0.1, 0.15) is 86.8 Å². The number of hydrogen-bond donors (Lipinski definition) is 5. The Morgan fingerprint density at radius 3 is 1.77 bits per heavy atom. The Morgan fingerprint density at radius 2 is 1.24 bits per heavy atom. The van der Waals surface area contributed by atoms with Crippen LogP contribution in [0.25, 0.3) is 16.9 Å². The van der Waals surface area contributed by atoms with Crippen LogP contribution in [-0.4, -0.2) is 236 Å². The molecule has 0 aliphatic carbocycles. The van der Waals surface area contributed by atoms with Crippen LogP contribution in [0.4, 0.5) is 4.39 Å². The fourth-order valence-corrected chi connectivity index (χ4v) is 8.37. The normalized spacial score (nSPS) is 13.7. The van der Waals surface area contributed by atoms with Gasteiger partial charge >= 0.3 is 5.97 Å². The second-order valence-corrected chi connectivity index (χ2v) is 21.0. The van der Waals surface area contributed by atoms with E-state index in [1.807, 2.05) is 40.7 Å². The molecule has 4 heterocycles. The molecule has 0 unspecified atom stereocenters. The summed E-state index contributed by atoms with van der Waals surface area (Å²) in [6.07, 6.45) is 2.96. The highest BCUT2D eigenvalue weighted by Crippen LogP contribution is 2.31.